The first-order valence-corrected chi connectivity index (χ1v) is 5.63. The summed E-state index contributed by atoms with van der Waals surface area (Å²) in [7, 11) is 1.61. The van der Waals surface area contributed by atoms with Crippen molar-refractivity contribution in [2.24, 2.45) is 0 Å². The topological polar surface area (TPSA) is 51.5 Å². The second kappa shape index (κ2) is 3.52. The van der Waals surface area contributed by atoms with Crippen LogP contribution in [-0.2, 0) is 0 Å². The number of benzene rings is 1. The number of fused-ring (bicyclic) bond motifs is 1. The smallest absolute Gasteiger partial charge is 0.352 e. The first-order chi connectivity index (χ1) is 8.20. The summed E-state index contributed by atoms with van der Waals surface area (Å²) < 4.78 is 7.08. The summed E-state index contributed by atoms with van der Waals surface area (Å²) in [5.74, 6) is -0.116. The first-order valence-electron chi connectivity index (χ1n) is 5.63. The predicted molar refractivity (Wildman–Crippen MR) is 63.7 cm³/mol. The molecular formula is C13H13NO3. The molecule has 0 aliphatic heterocycles. The summed E-state index contributed by atoms with van der Waals surface area (Å²) in [5.41, 5.74) is 1.35. The van der Waals surface area contributed by atoms with Gasteiger partial charge in [-0.3, -0.25) is 0 Å². The van der Waals surface area contributed by atoms with Gasteiger partial charge < -0.3 is 14.4 Å². The molecule has 1 aromatic carbocycles. The number of aromatic carboxylic acids is 1. The molecule has 0 amide bonds. The van der Waals surface area contributed by atoms with E-state index in [1.54, 1.807) is 13.2 Å². The maximum atomic E-state index is 11.2. The standard InChI is InChI=1S/C13H13NO3/c1-17-10-4-5-11-8(6-10)7-12(13(15)16)14(11)9-2-3-9/h4-7,9H,2-3H2,1H3,(H,15,16). The lowest BCUT2D eigenvalue weighted by Crippen LogP contribution is -2.06. The van der Waals surface area contributed by atoms with Crippen molar-refractivity contribution in [1.29, 1.82) is 0 Å². The number of carboxylic acid groups (broad SMARTS) is 1. The fourth-order valence-corrected chi connectivity index (χ4v) is 2.23. The Balaban J connectivity index is 2.26. The lowest BCUT2D eigenvalue weighted by Gasteiger charge is -2.06. The van der Waals surface area contributed by atoms with E-state index < -0.39 is 5.97 Å². The third-order valence-electron chi connectivity index (χ3n) is 3.18. The predicted octanol–water partition coefficient (Wildman–Crippen LogP) is 2.68. The fourth-order valence-electron chi connectivity index (χ4n) is 2.23. The van der Waals surface area contributed by atoms with E-state index in [-0.39, 0.29) is 0 Å². The molecule has 0 radical (unpaired) electrons. The van der Waals surface area contributed by atoms with Gasteiger partial charge in [0, 0.05) is 16.9 Å². The number of hydrogen-bond donors (Lipinski definition) is 1. The minimum absolute atomic E-state index is 0.354. The highest BCUT2D eigenvalue weighted by Gasteiger charge is 2.29. The van der Waals surface area contributed by atoms with Crippen LogP contribution in [0.3, 0.4) is 0 Å². The lowest BCUT2D eigenvalue weighted by molar-refractivity contribution is 0.0685. The Morgan fingerprint density at radius 1 is 1.41 bits per heavy atom. The van der Waals surface area contributed by atoms with E-state index in [0.717, 1.165) is 29.5 Å². The SMILES string of the molecule is COc1ccc2c(c1)cc(C(=O)O)n2C1CC1. The molecule has 2 aromatic rings. The van der Waals surface area contributed by atoms with Gasteiger partial charge in [0.05, 0.1) is 7.11 Å². The zero-order chi connectivity index (χ0) is 12.0. The van der Waals surface area contributed by atoms with Crippen molar-refractivity contribution < 1.29 is 14.6 Å². The van der Waals surface area contributed by atoms with Crippen LogP contribution in [0.4, 0.5) is 0 Å². The zero-order valence-electron chi connectivity index (χ0n) is 9.51. The second-order valence-corrected chi connectivity index (χ2v) is 4.36. The molecule has 3 rings (SSSR count). The number of aromatic nitrogens is 1. The Kier molecular flexibility index (Phi) is 2.11. The monoisotopic (exact) mass is 231 g/mol. The molecule has 1 aliphatic rings. The second-order valence-electron chi connectivity index (χ2n) is 4.36. The Morgan fingerprint density at radius 3 is 2.76 bits per heavy atom. The molecular weight excluding hydrogens is 218 g/mol. The van der Waals surface area contributed by atoms with Crippen LogP contribution in [0.15, 0.2) is 24.3 Å². The highest BCUT2D eigenvalue weighted by molar-refractivity contribution is 5.95. The highest BCUT2D eigenvalue weighted by Crippen LogP contribution is 2.40. The molecule has 1 aromatic heterocycles. The average molecular weight is 231 g/mol. The summed E-state index contributed by atoms with van der Waals surface area (Å²) in [4.78, 5) is 11.2. The van der Waals surface area contributed by atoms with Gasteiger partial charge in [0.15, 0.2) is 0 Å². The number of hydrogen-bond acceptors (Lipinski definition) is 2. The Bertz CT molecular complexity index is 596. The van der Waals surface area contributed by atoms with Crippen molar-refractivity contribution >= 4 is 16.9 Å². The molecule has 0 bridgehead atoms. The van der Waals surface area contributed by atoms with Gasteiger partial charge in [0.25, 0.3) is 0 Å². The maximum Gasteiger partial charge on any atom is 0.352 e. The zero-order valence-corrected chi connectivity index (χ0v) is 9.51. The summed E-state index contributed by atoms with van der Waals surface area (Å²) in [5, 5.41) is 10.1. The van der Waals surface area contributed by atoms with Crippen molar-refractivity contribution in [3.63, 3.8) is 0 Å². The molecule has 4 nitrogen and oxygen atoms in total. The summed E-state index contributed by atoms with van der Waals surface area (Å²) >= 11 is 0. The molecule has 1 aliphatic carbocycles. The van der Waals surface area contributed by atoms with E-state index in [0.29, 0.717) is 11.7 Å². The van der Waals surface area contributed by atoms with Crippen LogP contribution in [0.1, 0.15) is 29.4 Å². The van der Waals surface area contributed by atoms with E-state index >= 15 is 0 Å². The van der Waals surface area contributed by atoms with E-state index in [2.05, 4.69) is 0 Å². The third-order valence-corrected chi connectivity index (χ3v) is 3.18. The van der Waals surface area contributed by atoms with E-state index in [1.165, 1.54) is 0 Å². The Labute approximate surface area is 98.4 Å². The van der Waals surface area contributed by atoms with Crippen LogP contribution >= 0.6 is 0 Å². The molecule has 1 N–H and O–H groups in total. The van der Waals surface area contributed by atoms with Crippen LogP contribution in [0.25, 0.3) is 10.9 Å². The van der Waals surface area contributed by atoms with Gasteiger partial charge in [0.1, 0.15) is 11.4 Å². The number of carboxylic acids is 1. The maximum absolute atomic E-state index is 11.2. The van der Waals surface area contributed by atoms with Crippen LogP contribution in [-0.4, -0.2) is 22.8 Å². The molecule has 1 saturated carbocycles. The third kappa shape index (κ3) is 1.56. The van der Waals surface area contributed by atoms with Gasteiger partial charge in [-0.25, -0.2) is 4.79 Å². The van der Waals surface area contributed by atoms with Crippen molar-refractivity contribution in [3.05, 3.63) is 30.0 Å². The van der Waals surface area contributed by atoms with Gasteiger partial charge in [-0.05, 0) is 37.1 Å². The Hall–Kier alpha value is -1.97. The molecule has 0 spiro atoms. The Morgan fingerprint density at radius 2 is 2.18 bits per heavy atom. The molecule has 0 unspecified atom stereocenters. The van der Waals surface area contributed by atoms with Crippen LogP contribution < -0.4 is 4.74 Å². The molecule has 17 heavy (non-hydrogen) atoms. The molecule has 0 atom stereocenters. The lowest BCUT2D eigenvalue weighted by atomic mass is 10.2. The number of methoxy groups -OCH3 is 1. The van der Waals surface area contributed by atoms with E-state index in [4.69, 9.17) is 4.74 Å². The van der Waals surface area contributed by atoms with Crippen molar-refractivity contribution in [2.45, 2.75) is 18.9 Å². The summed E-state index contributed by atoms with van der Waals surface area (Å²) in [6, 6.07) is 7.75. The molecule has 1 fully saturated rings. The summed E-state index contributed by atoms with van der Waals surface area (Å²) in [6.07, 6.45) is 2.13. The van der Waals surface area contributed by atoms with Crippen molar-refractivity contribution in [1.82, 2.24) is 4.57 Å². The number of carbonyl (C=O) groups is 1. The molecule has 0 saturated heterocycles. The largest absolute Gasteiger partial charge is 0.497 e. The van der Waals surface area contributed by atoms with Gasteiger partial charge in [0.2, 0.25) is 0 Å². The number of ether oxygens (including phenoxy) is 1. The molecule has 4 heteroatoms. The minimum Gasteiger partial charge on any atom is -0.497 e. The van der Waals surface area contributed by atoms with Crippen LogP contribution in [0.5, 0.6) is 5.75 Å². The first kappa shape index (κ1) is 10.2. The molecule has 1 heterocycles. The summed E-state index contributed by atoms with van der Waals surface area (Å²) in [6.45, 7) is 0. The minimum atomic E-state index is -0.868. The van der Waals surface area contributed by atoms with Gasteiger partial charge >= 0.3 is 5.97 Å². The van der Waals surface area contributed by atoms with Gasteiger partial charge in [-0.2, -0.15) is 0 Å². The van der Waals surface area contributed by atoms with E-state index in [1.807, 2.05) is 22.8 Å². The average Bonchev–Trinajstić information content (AvgIpc) is 3.08. The molecule has 88 valence electrons. The van der Waals surface area contributed by atoms with Crippen LogP contribution in [0, 0.1) is 0 Å². The number of rotatable bonds is 3. The van der Waals surface area contributed by atoms with Crippen LogP contribution in [0.2, 0.25) is 0 Å². The van der Waals surface area contributed by atoms with E-state index in [9.17, 15) is 9.90 Å². The van der Waals surface area contributed by atoms with Crippen molar-refractivity contribution in [2.75, 3.05) is 7.11 Å². The van der Waals surface area contributed by atoms with Gasteiger partial charge in [-0.15, -0.1) is 0 Å². The van der Waals surface area contributed by atoms with Crippen molar-refractivity contribution in [3.8, 4) is 5.75 Å². The quantitative estimate of drug-likeness (QED) is 0.883. The number of nitrogens with zero attached hydrogens (tertiary/aromatic N) is 1. The highest BCUT2D eigenvalue weighted by atomic mass is 16.5. The fraction of sp³-hybridized carbons (Fsp3) is 0.308. The van der Waals surface area contributed by atoms with Gasteiger partial charge in [-0.1, -0.05) is 0 Å². The normalized spacial score (nSPS) is 15.1.